The van der Waals surface area contributed by atoms with Crippen LogP contribution in [-0.2, 0) is 11.3 Å². The fourth-order valence-electron chi connectivity index (χ4n) is 2.59. The summed E-state index contributed by atoms with van der Waals surface area (Å²) in [5, 5.41) is 4.64. The van der Waals surface area contributed by atoms with E-state index in [1.54, 1.807) is 6.26 Å². The smallest absolute Gasteiger partial charge is 0.217 e. The molecule has 0 atom stereocenters. The van der Waals surface area contributed by atoms with E-state index in [0.29, 0.717) is 11.7 Å². The van der Waals surface area contributed by atoms with Gasteiger partial charge in [0.15, 0.2) is 5.76 Å². The summed E-state index contributed by atoms with van der Waals surface area (Å²) >= 11 is 0. The Morgan fingerprint density at radius 2 is 2.20 bits per heavy atom. The van der Waals surface area contributed by atoms with Gasteiger partial charge in [0.2, 0.25) is 5.82 Å². The molecule has 108 valence electrons. The lowest BCUT2D eigenvalue weighted by atomic mass is 9.99. The van der Waals surface area contributed by atoms with Gasteiger partial charge in [-0.3, -0.25) is 0 Å². The highest BCUT2D eigenvalue weighted by Crippen LogP contribution is 2.28. The van der Waals surface area contributed by atoms with Crippen LogP contribution in [0.2, 0.25) is 0 Å². The number of aromatic nitrogens is 3. The first-order valence-corrected chi connectivity index (χ1v) is 7.45. The van der Waals surface area contributed by atoms with E-state index in [4.69, 9.17) is 14.1 Å². The molecule has 1 fully saturated rings. The number of rotatable bonds is 5. The first kappa shape index (κ1) is 13.4. The van der Waals surface area contributed by atoms with Gasteiger partial charge < -0.3 is 9.15 Å². The van der Waals surface area contributed by atoms with E-state index in [0.717, 1.165) is 57.0 Å². The number of aryl methyl sites for hydroxylation is 1. The van der Waals surface area contributed by atoms with Crippen LogP contribution in [0.25, 0.3) is 11.6 Å². The van der Waals surface area contributed by atoms with E-state index in [1.165, 1.54) is 0 Å². The van der Waals surface area contributed by atoms with E-state index >= 15 is 0 Å². The molecule has 0 aromatic carbocycles. The van der Waals surface area contributed by atoms with Gasteiger partial charge in [-0.1, -0.05) is 13.3 Å². The lowest BCUT2D eigenvalue weighted by Crippen LogP contribution is -2.18. The molecule has 2 aromatic heterocycles. The highest BCUT2D eigenvalue weighted by atomic mass is 16.5. The van der Waals surface area contributed by atoms with E-state index in [9.17, 15) is 0 Å². The van der Waals surface area contributed by atoms with Gasteiger partial charge in [-0.2, -0.15) is 0 Å². The van der Waals surface area contributed by atoms with Gasteiger partial charge >= 0.3 is 0 Å². The molecule has 0 bridgehead atoms. The molecule has 1 aliphatic rings. The molecule has 0 radical (unpaired) electrons. The Bertz CT molecular complexity index is 527. The first-order chi connectivity index (χ1) is 9.88. The van der Waals surface area contributed by atoms with Gasteiger partial charge in [0, 0.05) is 25.7 Å². The third kappa shape index (κ3) is 2.77. The summed E-state index contributed by atoms with van der Waals surface area (Å²) in [6.07, 6.45) is 6.00. The average molecular weight is 275 g/mol. The maximum atomic E-state index is 5.45. The van der Waals surface area contributed by atoms with Crippen molar-refractivity contribution in [3.63, 3.8) is 0 Å². The Morgan fingerprint density at radius 3 is 2.90 bits per heavy atom. The molecule has 3 rings (SSSR count). The zero-order chi connectivity index (χ0) is 13.8. The van der Waals surface area contributed by atoms with Crippen molar-refractivity contribution < 1.29 is 9.15 Å². The van der Waals surface area contributed by atoms with Crippen molar-refractivity contribution in [2.24, 2.45) is 0 Å². The van der Waals surface area contributed by atoms with Crippen molar-refractivity contribution in [1.29, 1.82) is 0 Å². The fraction of sp³-hybridized carbons (Fsp3) is 0.600. The predicted molar refractivity (Wildman–Crippen MR) is 75.4 cm³/mol. The number of nitrogens with zero attached hydrogens (tertiary/aromatic N) is 3. The summed E-state index contributed by atoms with van der Waals surface area (Å²) in [6, 6.07) is 3.78. The van der Waals surface area contributed by atoms with Crippen molar-refractivity contribution in [2.45, 2.75) is 45.1 Å². The Morgan fingerprint density at radius 1 is 1.35 bits per heavy atom. The zero-order valence-electron chi connectivity index (χ0n) is 11.9. The quantitative estimate of drug-likeness (QED) is 0.840. The number of hydrogen-bond donors (Lipinski definition) is 0. The lowest BCUT2D eigenvalue weighted by Gasteiger charge is -2.21. The summed E-state index contributed by atoms with van der Waals surface area (Å²) in [6.45, 7) is 4.76. The maximum Gasteiger partial charge on any atom is 0.217 e. The van der Waals surface area contributed by atoms with E-state index < -0.39 is 0 Å². The second-order valence-corrected chi connectivity index (χ2v) is 5.23. The van der Waals surface area contributed by atoms with Crippen molar-refractivity contribution in [3.05, 3.63) is 24.2 Å². The molecular formula is C15H21N3O2. The third-order valence-corrected chi connectivity index (χ3v) is 3.75. The average Bonchev–Trinajstić information content (AvgIpc) is 3.15. The van der Waals surface area contributed by atoms with Crippen LogP contribution < -0.4 is 0 Å². The molecule has 2 aromatic rings. The minimum Gasteiger partial charge on any atom is -0.461 e. The number of ether oxygens (including phenoxy) is 1. The molecule has 5 nitrogen and oxygen atoms in total. The molecule has 5 heteroatoms. The van der Waals surface area contributed by atoms with Crippen LogP contribution in [-0.4, -0.2) is 28.0 Å². The second-order valence-electron chi connectivity index (χ2n) is 5.23. The molecule has 0 amide bonds. The molecule has 0 unspecified atom stereocenters. The highest BCUT2D eigenvalue weighted by Gasteiger charge is 2.23. The minimum atomic E-state index is 0.455. The molecule has 0 N–H and O–H groups in total. The molecule has 3 heterocycles. The SMILES string of the molecule is CCCCn1nc(-c2ccco2)nc1C1CCOCC1. The van der Waals surface area contributed by atoms with Crippen molar-refractivity contribution in [1.82, 2.24) is 14.8 Å². The Labute approximate surface area is 119 Å². The fourth-order valence-corrected chi connectivity index (χ4v) is 2.59. The third-order valence-electron chi connectivity index (χ3n) is 3.75. The van der Waals surface area contributed by atoms with Crippen LogP contribution >= 0.6 is 0 Å². The normalized spacial score (nSPS) is 16.6. The van der Waals surface area contributed by atoms with E-state index in [1.807, 2.05) is 12.1 Å². The Kier molecular flexibility index (Phi) is 4.16. The molecular weight excluding hydrogens is 254 g/mol. The lowest BCUT2D eigenvalue weighted by molar-refractivity contribution is 0.0825. The molecule has 0 saturated carbocycles. The minimum absolute atomic E-state index is 0.455. The largest absolute Gasteiger partial charge is 0.461 e. The van der Waals surface area contributed by atoms with Gasteiger partial charge in [-0.15, -0.1) is 5.10 Å². The van der Waals surface area contributed by atoms with Crippen LogP contribution in [0, 0.1) is 0 Å². The zero-order valence-corrected chi connectivity index (χ0v) is 11.9. The monoisotopic (exact) mass is 275 g/mol. The van der Waals surface area contributed by atoms with Crippen molar-refractivity contribution in [2.75, 3.05) is 13.2 Å². The summed E-state index contributed by atoms with van der Waals surface area (Å²) in [5.74, 6) is 2.99. The maximum absolute atomic E-state index is 5.45. The Balaban J connectivity index is 1.88. The number of furan rings is 1. The van der Waals surface area contributed by atoms with Gasteiger partial charge in [0.1, 0.15) is 5.82 Å². The standard InChI is InChI=1S/C15H21N3O2/c1-2-3-8-18-15(12-6-10-19-11-7-12)16-14(17-18)13-5-4-9-20-13/h4-5,9,12H,2-3,6-8,10-11H2,1H3. The summed E-state index contributed by atoms with van der Waals surface area (Å²) in [4.78, 5) is 4.73. The topological polar surface area (TPSA) is 53.1 Å². The predicted octanol–water partition coefficient (Wildman–Crippen LogP) is 3.23. The highest BCUT2D eigenvalue weighted by molar-refractivity contribution is 5.45. The van der Waals surface area contributed by atoms with Crippen LogP contribution in [0.1, 0.15) is 44.3 Å². The van der Waals surface area contributed by atoms with Gasteiger partial charge in [-0.05, 0) is 31.4 Å². The van der Waals surface area contributed by atoms with Crippen LogP contribution in [0.5, 0.6) is 0 Å². The van der Waals surface area contributed by atoms with Crippen molar-refractivity contribution in [3.8, 4) is 11.6 Å². The summed E-state index contributed by atoms with van der Waals surface area (Å²) < 4.78 is 12.9. The first-order valence-electron chi connectivity index (χ1n) is 7.45. The van der Waals surface area contributed by atoms with Crippen LogP contribution in [0.3, 0.4) is 0 Å². The van der Waals surface area contributed by atoms with Gasteiger partial charge in [0.25, 0.3) is 0 Å². The van der Waals surface area contributed by atoms with E-state index in [2.05, 4.69) is 16.7 Å². The van der Waals surface area contributed by atoms with Crippen LogP contribution in [0.4, 0.5) is 0 Å². The van der Waals surface area contributed by atoms with Crippen molar-refractivity contribution >= 4 is 0 Å². The molecule has 0 aliphatic carbocycles. The van der Waals surface area contributed by atoms with Gasteiger partial charge in [-0.25, -0.2) is 9.67 Å². The van der Waals surface area contributed by atoms with Gasteiger partial charge in [0.05, 0.1) is 6.26 Å². The molecule has 1 aliphatic heterocycles. The van der Waals surface area contributed by atoms with Crippen LogP contribution in [0.15, 0.2) is 22.8 Å². The number of unbranched alkanes of at least 4 members (excludes halogenated alkanes) is 1. The van der Waals surface area contributed by atoms with E-state index in [-0.39, 0.29) is 0 Å². The summed E-state index contributed by atoms with van der Waals surface area (Å²) in [5.41, 5.74) is 0. The molecule has 20 heavy (non-hydrogen) atoms. The molecule has 0 spiro atoms. The molecule has 1 saturated heterocycles. The Hall–Kier alpha value is -1.62. The second kappa shape index (κ2) is 6.22. The summed E-state index contributed by atoms with van der Waals surface area (Å²) in [7, 11) is 0. The number of hydrogen-bond acceptors (Lipinski definition) is 4.